The number of rotatable bonds is 7. The van der Waals surface area contributed by atoms with Crippen molar-refractivity contribution >= 4 is 28.7 Å². The molecule has 0 atom stereocenters. The van der Waals surface area contributed by atoms with Crippen LogP contribution < -0.4 is 15.1 Å². The van der Waals surface area contributed by atoms with Crippen LogP contribution >= 0.6 is 0 Å². The Morgan fingerprint density at radius 3 is 2.41 bits per heavy atom. The Kier molecular flexibility index (Phi) is 6.16. The maximum atomic E-state index is 9.48. The minimum Gasteiger partial charge on any atom is -0.508 e. The highest BCUT2D eigenvalue weighted by Gasteiger charge is 2.25. The Balaban J connectivity index is 1.35. The highest BCUT2D eigenvalue weighted by molar-refractivity contribution is 5.85. The number of phenols is 1. The van der Waals surface area contributed by atoms with Gasteiger partial charge in [-0.15, -0.1) is 0 Å². The zero-order chi connectivity index (χ0) is 23.5. The number of aromatic hydroxyl groups is 1. The second-order valence-electron chi connectivity index (χ2n) is 8.78. The van der Waals surface area contributed by atoms with Crippen LogP contribution in [0.25, 0.3) is 11.2 Å². The van der Waals surface area contributed by atoms with E-state index in [9.17, 15) is 5.11 Å². The quantitative estimate of drug-likeness (QED) is 0.435. The number of benzene rings is 1. The number of nitrogens with zero attached hydrogens (tertiary/aromatic N) is 7. The van der Waals surface area contributed by atoms with Crippen LogP contribution in [0, 0.1) is 0 Å². The van der Waals surface area contributed by atoms with Crippen LogP contribution in [-0.2, 0) is 6.42 Å². The standard InChI is InChI=1S/C25H30N8O/c1-18(2)33-24-22(23(28-17-29-24)27-12-10-19-6-8-20(34)9-7-19)30-25(33)32-15-13-31(14-16-32)21-5-3-4-11-26-21/h3-9,11,17-18,34H,10,12-16H2,1-2H3,(H,27,28,29). The summed E-state index contributed by atoms with van der Waals surface area (Å²) in [6, 6.07) is 13.5. The lowest BCUT2D eigenvalue weighted by atomic mass is 10.1. The maximum absolute atomic E-state index is 9.48. The molecule has 4 aromatic rings. The molecular formula is C25H30N8O. The monoisotopic (exact) mass is 458 g/mol. The van der Waals surface area contributed by atoms with Gasteiger partial charge in [-0.25, -0.2) is 19.9 Å². The van der Waals surface area contributed by atoms with Crippen LogP contribution in [0.1, 0.15) is 25.5 Å². The van der Waals surface area contributed by atoms with Crippen molar-refractivity contribution in [3.05, 3.63) is 60.6 Å². The fraction of sp³-hybridized carbons (Fsp3) is 0.360. The van der Waals surface area contributed by atoms with Crippen molar-refractivity contribution in [1.29, 1.82) is 0 Å². The maximum Gasteiger partial charge on any atom is 0.208 e. The van der Waals surface area contributed by atoms with Crippen molar-refractivity contribution in [2.45, 2.75) is 26.3 Å². The summed E-state index contributed by atoms with van der Waals surface area (Å²) >= 11 is 0. The number of piperazine rings is 1. The van der Waals surface area contributed by atoms with Crippen LogP contribution in [0.5, 0.6) is 5.75 Å². The molecule has 0 amide bonds. The molecule has 3 aromatic heterocycles. The summed E-state index contributed by atoms with van der Waals surface area (Å²) in [6.07, 6.45) is 4.27. The molecule has 0 unspecified atom stereocenters. The van der Waals surface area contributed by atoms with E-state index in [1.54, 1.807) is 18.5 Å². The van der Waals surface area contributed by atoms with E-state index >= 15 is 0 Å². The van der Waals surface area contributed by atoms with Crippen molar-refractivity contribution in [3.63, 3.8) is 0 Å². The predicted octanol–water partition coefficient (Wildman–Crippen LogP) is 3.49. The van der Waals surface area contributed by atoms with Gasteiger partial charge in [-0.3, -0.25) is 4.57 Å². The minimum absolute atomic E-state index is 0.216. The number of anilines is 3. The Labute approximate surface area is 199 Å². The van der Waals surface area contributed by atoms with Crippen molar-refractivity contribution in [3.8, 4) is 5.75 Å². The third-order valence-electron chi connectivity index (χ3n) is 6.15. The molecule has 34 heavy (non-hydrogen) atoms. The summed E-state index contributed by atoms with van der Waals surface area (Å²) < 4.78 is 2.21. The van der Waals surface area contributed by atoms with Gasteiger partial charge in [0.2, 0.25) is 5.95 Å². The molecule has 0 aliphatic carbocycles. The summed E-state index contributed by atoms with van der Waals surface area (Å²) in [7, 11) is 0. The molecule has 4 heterocycles. The predicted molar refractivity (Wildman–Crippen MR) is 135 cm³/mol. The van der Waals surface area contributed by atoms with E-state index in [0.29, 0.717) is 6.54 Å². The zero-order valence-electron chi connectivity index (χ0n) is 19.6. The van der Waals surface area contributed by atoms with E-state index in [2.05, 4.69) is 54.5 Å². The molecule has 2 N–H and O–H groups in total. The molecule has 1 aromatic carbocycles. The molecule has 0 bridgehead atoms. The summed E-state index contributed by atoms with van der Waals surface area (Å²) in [5.74, 6) is 2.98. The van der Waals surface area contributed by atoms with Gasteiger partial charge in [-0.2, -0.15) is 0 Å². The Bertz CT molecular complexity index is 1230. The van der Waals surface area contributed by atoms with E-state index < -0.39 is 0 Å². The Hall–Kier alpha value is -3.88. The summed E-state index contributed by atoms with van der Waals surface area (Å²) in [5.41, 5.74) is 2.79. The lowest BCUT2D eigenvalue weighted by molar-refractivity contribution is 0.475. The molecule has 1 aliphatic heterocycles. The molecular weight excluding hydrogens is 428 g/mol. The first-order chi connectivity index (χ1) is 16.6. The second kappa shape index (κ2) is 9.54. The number of imidazole rings is 1. The van der Waals surface area contributed by atoms with Gasteiger partial charge >= 0.3 is 0 Å². The average molecular weight is 459 g/mol. The smallest absolute Gasteiger partial charge is 0.208 e. The fourth-order valence-corrected chi connectivity index (χ4v) is 4.39. The van der Waals surface area contributed by atoms with Crippen molar-refractivity contribution in [2.75, 3.05) is 47.8 Å². The summed E-state index contributed by atoms with van der Waals surface area (Å²) in [5, 5.41) is 12.9. The number of hydrogen-bond acceptors (Lipinski definition) is 8. The molecule has 0 spiro atoms. The molecule has 176 valence electrons. The van der Waals surface area contributed by atoms with E-state index in [0.717, 1.165) is 66.9 Å². The van der Waals surface area contributed by atoms with Gasteiger partial charge in [0.25, 0.3) is 0 Å². The van der Waals surface area contributed by atoms with Crippen molar-refractivity contribution < 1.29 is 5.11 Å². The van der Waals surface area contributed by atoms with Crippen LogP contribution in [0.2, 0.25) is 0 Å². The molecule has 9 nitrogen and oxygen atoms in total. The molecule has 1 saturated heterocycles. The number of aromatic nitrogens is 5. The largest absolute Gasteiger partial charge is 0.508 e. The van der Waals surface area contributed by atoms with Gasteiger partial charge in [0, 0.05) is 45.0 Å². The van der Waals surface area contributed by atoms with E-state index in [1.807, 2.05) is 30.5 Å². The molecule has 0 saturated carbocycles. The highest BCUT2D eigenvalue weighted by atomic mass is 16.3. The Morgan fingerprint density at radius 2 is 1.71 bits per heavy atom. The van der Waals surface area contributed by atoms with E-state index in [-0.39, 0.29) is 11.8 Å². The van der Waals surface area contributed by atoms with Gasteiger partial charge in [0.1, 0.15) is 17.9 Å². The molecule has 1 aliphatic rings. The average Bonchev–Trinajstić information content (AvgIpc) is 3.27. The van der Waals surface area contributed by atoms with Crippen LogP contribution in [0.4, 0.5) is 17.6 Å². The van der Waals surface area contributed by atoms with Gasteiger partial charge in [-0.05, 0) is 50.1 Å². The minimum atomic E-state index is 0.216. The van der Waals surface area contributed by atoms with Gasteiger partial charge in [0.15, 0.2) is 17.0 Å². The second-order valence-corrected chi connectivity index (χ2v) is 8.78. The number of nitrogens with one attached hydrogen (secondary N) is 1. The number of fused-ring (bicyclic) bond motifs is 1. The number of hydrogen-bond donors (Lipinski definition) is 2. The van der Waals surface area contributed by atoms with Gasteiger partial charge in [0.05, 0.1) is 0 Å². The van der Waals surface area contributed by atoms with Crippen LogP contribution in [0.3, 0.4) is 0 Å². The normalized spacial score (nSPS) is 14.2. The summed E-state index contributed by atoms with van der Waals surface area (Å²) in [6.45, 7) is 8.55. The summed E-state index contributed by atoms with van der Waals surface area (Å²) in [4.78, 5) is 23.3. The molecule has 5 rings (SSSR count). The fourth-order valence-electron chi connectivity index (χ4n) is 4.39. The first-order valence-electron chi connectivity index (χ1n) is 11.8. The third kappa shape index (κ3) is 4.46. The topological polar surface area (TPSA) is 95.2 Å². The SMILES string of the molecule is CC(C)n1c(N2CCN(c3ccccn3)CC2)nc2c(NCCc3ccc(O)cc3)ncnc21. The first-order valence-corrected chi connectivity index (χ1v) is 11.8. The van der Waals surface area contributed by atoms with Gasteiger partial charge < -0.3 is 20.2 Å². The lowest BCUT2D eigenvalue weighted by Crippen LogP contribution is -2.47. The lowest BCUT2D eigenvalue weighted by Gasteiger charge is -2.36. The van der Waals surface area contributed by atoms with Crippen LogP contribution in [-0.4, -0.2) is 62.3 Å². The van der Waals surface area contributed by atoms with Crippen molar-refractivity contribution in [2.24, 2.45) is 0 Å². The highest BCUT2D eigenvalue weighted by Crippen LogP contribution is 2.29. The number of pyridine rings is 1. The van der Waals surface area contributed by atoms with E-state index in [1.165, 1.54) is 0 Å². The number of phenolic OH excluding ortho intramolecular Hbond substituents is 1. The first kappa shape index (κ1) is 21.9. The van der Waals surface area contributed by atoms with E-state index in [4.69, 9.17) is 4.98 Å². The van der Waals surface area contributed by atoms with Crippen LogP contribution in [0.15, 0.2) is 55.0 Å². The Morgan fingerprint density at radius 1 is 0.941 bits per heavy atom. The van der Waals surface area contributed by atoms with Crippen molar-refractivity contribution in [1.82, 2.24) is 24.5 Å². The van der Waals surface area contributed by atoms with Gasteiger partial charge in [-0.1, -0.05) is 18.2 Å². The molecule has 9 heteroatoms. The zero-order valence-corrected chi connectivity index (χ0v) is 19.6. The molecule has 0 radical (unpaired) electrons. The molecule has 1 fully saturated rings. The third-order valence-corrected chi connectivity index (χ3v) is 6.15.